The molecule has 1 aromatic rings. The number of carbonyl (C=O) groups is 2. The van der Waals surface area contributed by atoms with Crippen LogP contribution in [0.4, 0.5) is 15.3 Å². The number of hydrogen-bond donors (Lipinski definition) is 2. The quantitative estimate of drug-likeness (QED) is 0.872. The van der Waals surface area contributed by atoms with E-state index in [1.807, 2.05) is 12.1 Å². The van der Waals surface area contributed by atoms with Gasteiger partial charge in [-0.3, -0.25) is 5.32 Å². The molecule has 0 aromatic heterocycles. The summed E-state index contributed by atoms with van der Waals surface area (Å²) >= 11 is 0. The lowest BCUT2D eigenvalue weighted by molar-refractivity contribution is 0.0635. The fourth-order valence-corrected chi connectivity index (χ4v) is 1.88. The van der Waals surface area contributed by atoms with Crippen molar-refractivity contribution >= 4 is 17.9 Å². The van der Waals surface area contributed by atoms with Gasteiger partial charge in [0.15, 0.2) is 0 Å². The van der Waals surface area contributed by atoms with E-state index >= 15 is 0 Å². The molecule has 2 rings (SSSR count). The Kier molecular flexibility index (Phi) is 3.83. The predicted octanol–water partition coefficient (Wildman–Crippen LogP) is 2.81. The molecule has 1 aliphatic heterocycles. The van der Waals surface area contributed by atoms with Crippen LogP contribution in [0.25, 0.3) is 0 Å². The molecule has 6 nitrogen and oxygen atoms in total. The van der Waals surface area contributed by atoms with Gasteiger partial charge in [-0.2, -0.15) is 0 Å². The van der Waals surface area contributed by atoms with Crippen LogP contribution in [0.5, 0.6) is 0 Å². The number of benzene rings is 1. The van der Waals surface area contributed by atoms with Gasteiger partial charge in [0.05, 0.1) is 6.04 Å². The zero-order chi connectivity index (χ0) is 14.8. The molecule has 1 heterocycles. The predicted molar refractivity (Wildman–Crippen MR) is 73.5 cm³/mol. The Labute approximate surface area is 117 Å². The number of para-hydroxylation sites is 1. The van der Waals surface area contributed by atoms with Crippen molar-refractivity contribution < 1.29 is 19.1 Å². The molecule has 2 amide bonds. The van der Waals surface area contributed by atoms with Gasteiger partial charge in [0.25, 0.3) is 0 Å². The maximum Gasteiger partial charge on any atom is 0.412 e. The van der Waals surface area contributed by atoms with Crippen LogP contribution >= 0.6 is 0 Å². The number of amides is 2. The van der Waals surface area contributed by atoms with E-state index in [1.165, 1.54) is 0 Å². The van der Waals surface area contributed by atoms with E-state index < -0.39 is 17.8 Å². The van der Waals surface area contributed by atoms with Crippen LogP contribution in [-0.4, -0.2) is 24.4 Å². The zero-order valence-corrected chi connectivity index (χ0v) is 11.7. The second-order valence-corrected chi connectivity index (χ2v) is 5.51. The molecule has 0 saturated carbocycles. The minimum absolute atomic E-state index is 0.242. The van der Waals surface area contributed by atoms with Crippen LogP contribution in [-0.2, 0) is 9.47 Å². The lowest BCUT2D eigenvalue weighted by Gasteiger charge is -2.21. The monoisotopic (exact) mass is 278 g/mol. The van der Waals surface area contributed by atoms with Crippen LogP contribution in [0.2, 0.25) is 0 Å². The molecule has 1 atom stereocenters. The summed E-state index contributed by atoms with van der Waals surface area (Å²) in [4.78, 5) is 22.9. The van der Waals surface area contributed by atoms with Crippen LogP contribution < -0.4 is 10.6 Å². The van der Waals surface area contributed by atoms with Crippen LogP contribution in [0.1, 0.15) is 32.4 Å². The number of cyclic esters (lactones) is 1. The smallest absolute Gasteiger partial charge is 0.412 e. The highest BCUT2D eigenvalue weighted by atomic mass is 16.6. The lowest BCUT2D eigenvalue weighted by Crippen LogP contribution is -2.28. The average Bonchev–Trinajstić information content (AvgIpc) is 2.74. The Morgan fingerprint density at radius 2 is 2.10 bits per heavy atom. The molecule has 20 heavy (non-hydrogen) atoms. The van der Waals surface area contributed by atoms with Crippen LogP contribution in [0, 0.1) is 0 Å². The van der Waals surface area contributed by atoms with Crippen molar-refractivity contribution in [2.75, 3.05) is 11.9 Å². The molecule has 1 fully saturated rings. The molecule has 0 spiro atoms. The van der Waals surface area contributed by atoms with Crippen molar-refractivity contribution in [2.45, 2.75) is 32.4 Å². The van der Waals surface area contributed by atoms with Gasteiger partial charge < -0.3 is 14.8 Å². The summed E-state index contributed by atoms with van der Waals surface area (Å²) in [5.74, 6) is 0. The molecule has 108 valence electrons. The SMILES string of the molecule is CC(C)(C)OC(=O)Nc1ccccc1C1COC(=O)N1. The van der Waals surface area contributed by atoms with E-state index in [-0.39, 0.29) is 12.6 Å². The number of anilines is 1. The molecular weight excluding hydrogens is 260 g/mol. The summed E-state index contributed by atoms with van der Waals surface area (Å²) in [6, 6.07) is 6.94. The van der Waals surface area contributed by atoms with Crippen LogP contribution in [0.15, 0.2) is 24.3 Å². The molecule has 6 heteroatoms. The van der Waals surface area contributed by atoms with E-state index in [4.69, 9.17) is 9.47 Å². The summed E-state index contributed by atoms with van der Waals surface area (Å²) < 4.78 is 10.1. The summed E-state index contributed by atoms with van der Waals surface area (Å²) in [7, 11) is 0. The first-order valence-corrected chi connectivity index (χ1v) is 6.37. The van der Waals surface area contributed by atoms with E-state index in [0.717, 1.165) is 5.56 Å². The number of rotatable bonds is 2. The minimum atomic E-state index is -0.566. The van der Waals surface area contributed by atoms with E-state index in [9.17, 15) is 9.59 Å². The Bertz CT molecular complexity index is 522. The molecule has 1 aliphatic rings. The highest BCUT2D eigenvalue weighted by Crippen LogP contribution is 2.26. The first-order chi connectivity index (χ1) is 9.35. The highest BCUT2D eigenvalue weighted by Gasteiger charge is 2.26. The Hall–Kier alpha value is -2.24. The van der Waals surface area contributed by atoms with Gasteiger partial charge in [-0.1, -0.05) is 18.2 Å². The first kappa shape index (κ1) is 14.2. The Balaban J connectivity index is 2.12. The minimum Gasteiger partial charge on any atom is -0.447 e. The van der Waals surface area contributed by atoms with E-state index in [1.54, 1.807) is 32.9 Å². The normalized spacial score (nSPS) is 18.1. The zero-order valence-electron chi connectivity index (χ0n) is 11.7. The standard InChI is InChI=1S/C14H18N2O4/c1-14(2,3)20-13(18)15-10-7-5-4-6-9(10)11-8-19-12(17)16-11/h4-7,11H,8H2,1-3H3,(H,15,18)(H,16,17). The van der Waals surface area contributed by atoms with Gasteiger partial charge in [0, 0.05) is 11.3 Å². The van der Waals surface area contributed by atoms with Gasteiger partial charge in [-0.05, 0) is 26.8 Å². The molecule has 1 unspecified atom stereocenters. The number of nitrogens with one attached hydrogen (secondary N) is 2. The second-order valence-electron chi connectivity index (χ2n) is 5.51. The third kappa shape index (κ3) is 3.63. The summed E-state index contributed by atoms with van der Waals surface area (Å²) in [5, 5.41) is 5.37. The molecule has 0 bridgehead atoms. The fourth-order valence-electron chi connectivity index (χ4n) is 1.88. The van der Waals surface area contributed by atoms with Gasteiger partial charge in [0.2, 0.25) is 0 Å². The molecule has 0 radical (unpaired) electrons. The van der Waals surface area contributed by atoms with Gasteiger partial charge in [-0.25, -0.2) is 9.59 Å². The summed E-state index contributed by atoms with van der Waals surface area (Å²) in [6.45, 7) is 5.63. The fraction of sp³-hybridized carbons (Fsp3) is 0.429. The van der Waals surface area contributed by atoms with Crippen molar-refractivity contribution in [3.63, 3.8) is 0 Å². The third-order valence-corrected chi connectivity index (χ3v) is 2.64. The van der Waals surface area contributed by atoms with Gasteiger partial charge in [-0.15, -0.1) is 0 Å². The summed E-state index contributed by atoms with van der Waals surface area (Å²) in [5.41, 5.74) is 0.811. The van der Waals surface area contributed by atoms with Crippen molar-refractivity contribution in [3.8, 4) is 0 Å². The van der Waals surface area contributed by atoms with E-state index in [0.29, 0.717) is 5.69 Å². The molecular formula is C14H18N2O4. The lowest BCUT2D eigenvalue weighted by atomic mass is 10.1. The third-order valence-electron chi connectivity index (χ3n) is 2.64. The Morgan fingerprint density at radius 1 is 1.40 bits per heavy atom. The largest absolute Gasteiger partial charge is 0.447 e. The number of carbonyl (C=O) groups excluding carboxylic acids is 2. The summed E-state index contributed by atoms with van der Waals surface area (Å²) in [6.07, 6.45) is -0.989. The van der Waals surface area contributed by atoms with Gasteiger partial charge in [0.1, 0.15) is 12.2 Å². The molecule has 0 aliphatic carbocycles. The maximum atomic E-state index is 11.8. The van der Waals surface area contributed by atoms with Crippen molar-refractivity contribution in [1.82, 2.24) is 5.32 Å². The molecule has 1 aromatic carbocycles. The van der Waals surface area contributed by atoms with E-state index in [2.05, 4.69) is 10.6 Å². The topological polar surface area (TPSA) is 76.7 Å². The maximum absolute atomic E-state index is 11.8. The highest BCUT2D eigenvalue weighted by molar-refractivity contribution is 5.86. The van der Waals surface area contributed by atoms with Crippen LogP contribution in [0.3, 0.4) is 0 Å². The molecule has 2 N–H and O–H groups in total. The van der Waals surface area contributed by atoms with Crippen molar-refractivity contribution in [2.24, 2.45) is 0 Å². The van der Waals surface area contributed by atoms with Crippen molar-refractivity contribution in [1.29, 1.82) is 0 Å². The van der Waals surface area contributed by atoms with Gasteiger partial charge >= 0.3 is 12.2 Å². The number of ether oxygens (including phenoxy) is 2. The second kappa shape index (κ2) is 5.40. The number of hydrogen-bond acceptors (Lipinski definition) is 4. The first-order valence-electron chi connectivity index (χ1n) is 6.37. The average molecular weight is 278 g/mol. The number of alkyl carbamates (subject to hydrolysis) is 1. The molecule has 1 saturated heterocycles. The Morgan fingerprint density at radius 3 is 2.70 bits per heavy atom. The van der Waals surface area contributed by atoms with Crippen molar-refractivity contribution in [3.05, 3.63) is 29.8 Å².